The van der Waals surface area contributed by atoms with Crippen LogP contribution in [0.25, 0.3) is 0 Å². The summed E-state index contributed by atoms with van der Waals surface area (Å²) in [4.78, 5) is 18.2. The van der Waals surface area contributed by atoms with Crippen molar-refractivity contribution in [3.05, 3.63) is 22.3 Å². The number of pyridine rings is 1. The highest BCUT2D eigenvalue weighted by molar-refractivity contribution is 9.10. The van der Waals surface area contributed by atoms with Crippen molar-refractivity contribution >= 4 is 27.7 Å². The molecule has 0 saturated heterocycles. The molecule has 19 heavy (non-hydrogen) atoms. The minimum atomic E-state index is -0.182. The molecule has 0 fully saturated rings. The summed E-state index contributed by atoms with van der Waals surface area (Å²) in [6.45, 7) is 7.76. The van der Waals surface area contributed by atoms with E-state index >= 15 is 0 Å². The van der Waals surface area contributed by atoms with Gasteiger partial charge in [-0.2, -0.15) is 0 Å². The molecule has 0 aliphatic rings. The van der Waals surface area contributed by atoms with Gasteiger partial charge in [0.05, 0.1) is 5.56 Å². The summed E-state index contributed by atoms with van der Waals surface area (Å²) in [5, 5.41) is 2.87. The van der Waals surface area contributed by atoms with Crippen molar-refractivity contribution < 1.29 is 4.79 Å². The maximum Gasteiger partial charge on any atom is 0.255 e. The summed E-state index contributed by atoms with van der Waals surface area (Å²) in [7, 11) is 0. The molecule has 0 spiro atoms. The number of hydrogen-bond donors (Lipinski definition) is 2. The molecule has 0 saturated carbocycles. The van der Waals surface area contributed by atoms with Crippen molar-refractivity contribution in [1.82, 2.24) is 15.2 Å². The zero-order valence-electron chi connectivity index (χ0n) is 11.4. The summed E-state index contributed by atoms with van der Waals surface area (Å²) in [5.41, 5.74) is 6.10. The van der Waals surface area contributed by atoms with Gasteiger partial charge in [0.1, 0.15) is 5.82 Å². The quantitative estimate of drug-likeness (QED) is 0.801. The number of rotatable bonds is 7. The van der Waals surface area contributed by atoms with Crippen LogP contribution in [0.15, 0.2) is 16.7 Å². The zero-order valence-corrected chi connectivity index (χ0v) is 13.0. The van der Waals surface area contributed by atoms with Gasteiger partial charge >= 0.3 is 0 Å². The largest absolute Gasteiger partial charge is 0.383 e. The number of amides is 1. The molecular formula is C13H21BrN4O. The zero-order chi connectivity index (χ0) is 14.3. The Kier molecular flexibility index (Phi) is 6.80. The standard InChI is InChI=1S/C13H21BrN4O/c1-3-6-18(4-2)7-5-16-13(19)11-8-10(14)9-17-12(11)15/h8-9H,3-7H2,1-2H3,(H2,15,17)(H,16,19). The summed E-state index contributed by atoms with van der Waals surface area (Å²) in [6.07, 6.45) is 2.69. The van der Waals surface area contributed by atoms with Gasteiger partial charge in [-0.3, -0.25) is 4.79 Å². The molecule has 6 heteroatoms. The van der Waals surface area contributed by atoms with Crippen LogP contribution in [0.3, 0.4) is 0 Å². The topological polar surface area (TPSA) is 71.2 Å². The fraction of sp³-hybridized carbons (Fsp3) is 0.538. The number of carbonyl (C=O) groups excluding carboxylic acids is 1. The number of anilines is 1. The Morgan fingerprint density at radius 1 is 1.47 bits per heavy atom. The number of carbonyl (C=O) groups is 1. The Hall–Kier alpha value is -1.14. The monoisotopic (exact) mass is 328 g/mol. The lowest BCUT2D eigenvalue weighted by Crippen LogP contribution is -2.35. The second kappa shape index (κ2) is 8.12. The Morgan fingerprint density at radius 2 is 2.21 bits per heavy atom. The Labute approximate surface area is 122 Å². The van der Waals surface area contributed by atoms with Crippen LogP contribution in [0.4, 0.5) is 5.82 Å². The third-order valence-electron chi connectivity index (χ3n) is 2.83. The van der Waals surface area contributed by atoms with Crippen molar-refractivity contribution in [1.29, 1.82) is 0 Å². The first-order chi connectivity index (χ1) is 9.08. The molecule has 1 amide bonds. The second-order valence-electron chi connectivity index (χ2n) is 4.28. The van der Waals surface area contributed by atoms with Crippen LogP contribution >= 0.6 is 15.9 Å². The average Bonchev–Trinajstić information content (AvgIpc) is 2.40. The van der Waals surface area contributed by atoms with Gasteiger partial charge in [-0.25, -0.2) is 4.98 Å². The van der Waals surface area contributed by atoms with Gasteiger partial charge in [-0.15, -0.1) is 0 Å². The molecule has 5 nitrogen and oxygen atoms in total. The van der Waals surface area contributed by atoms with Gasteiger partial charge in [0.25, 0.3) is 5.91 Å². The highest BCUT2D eigenvalue weighted by Gasteiger charge is 2.11. The normalized spacial score (nSPS) is 10.7. The van der Waals surface area contributed by atoms with Gasteiger partial charge in [0.15, 0.2) is 0 Å². The van der Waals surface area contributed by atoms with Crippen molar-refractivity contribution in [3.8, 4) is 0 Å². The van der Waals surface area contributed by atoms with Gasteiger partial charge in [0, 0.05) is 23.8 Å². The molecule has 0 unspecified atom stereocenters. The predicted molar refractivity (Wildman–Crippen MR) is 81.1 cm³/mol. The van der Waals surface area contributed by atoms with E-state index in [4.69, 9.17) is 5.73 Å². The number of nitrogen functional groups attached to an aromatic ring is 1. The van der Waals surface area contributed by atoms with Gasteiger partial charge < -0.3 is 16.0 Å². The summed E-state index contributed by atoms with van der Waals surface area (Å²) >= 11 is 3.28. The second-order valence-corrected chi connectivity index (χ2v) is 5.19. The van der Waals surface area contributed by atoms with Crippen LogP contribution in [0.1, 0.15) is 30.6 Å². The van der Waals surface area contributed by atoms with Gasteiger partial charge in [-0.1, -0.05) is 13.8 Å². The molecule has 0 atom stereocenters. The van der Waals surface area contributed by atoms with Crippen LogP contribution < -0.4 is 11.1 Å². The van der Waals surface area contributed by atoms with Crippen molar-refractivity contribution in [2.24, 2.45) is 0 Å². The number of nitrogens with one attached hydrogen (secondary N) is 1. The third-order valence-corrected chi connectivity index (χ3v) is 3.26. The van der Waals surface area contributed by atoms with E-state index in [2.05, 4.69) is 45.0 Å². The Bertz CT molecular complexity index is 425. The van der Waals surface area contributed by atoms with Crippen molar-refractivity contribution in [2.75, 3.05) is 31.9 Å². The van der Waals surface area contributed by atoms with Crippen LogP contribution in [0.2, 0.25) is 0 Å². The minimum absolute atomic E-state index is 0.182. The van der Waals surface area contributed by atoms with Crippen molar-refractivity contribution in [2.45, 2.75) is 20.3 Å². The van der Waals surface area contributed by atoms with E-state index in [1.165, 1.54) is 0 Å². The van der Waals surface area contributed by atoms with Crippen LogP contribution in [-0.4, -0.2) is 42.0 Å². The number of aromatic nitrogens is 1. The van der Waals surface area contributed by atoms with Gasteiger partial charge in [-0.05, 0) is 41.5 Å². The molecule has 0 bridgehead atoms. The number of nitrogens with zero attached hydrogens (tertiary/aromatic N) is 2. The Morgan fingerprint density at radius 3 is 2.84 bits per heavy atom. The van der Waals surface area contributed by atoms with Crippen LogP contribution in [-0.2, 0) is 0 Å². The fourth-order valence-corrected chi connectivity index (χ4v) is 2.13. The number of halogens is 1. The van der Waals surface area contributed by atoms with E-state index in [0.717, 1.165) is 30.5 Å². The molecule has 0 aliphatic heterocycles. The van der Waals surface area contributed by atoms with E-state index in [9.17, 15) is 4.79 Å². The first-order valence-corrected chi connectivity index (χ1v) is 7.29. The van der Waals surface area contributed by atoms with E-state index in [-0.39, 0.29) is 11.7 Å². The van der Waals surface area contributed by atoms with Crippen LogP contribution in [0, 0.1) is 0 Å². The molecule has 0 aromatic carbocycles. The smallest absolute Gasteiger partial charge is 0.255 e. The molecule has 106 valence electrons. The molecule has 1 aromatic rings. The van der Waals surface area contributed by atoms with E-state index in [0.29, 0.717) is 12.1 Å². The lowest BCUT2D eigenvalue weighted by atomic mass is 10.2. The molecular weight excluding hydrogens is 308 g/mol. The van der Waals surface area contributed by atoms with E-state index in [1.54, 1.807) is 12.3 Å². The van der Waals surface area contributed by atoms with E-state index < -0.39 is 0 Å². The SMILES string of the molecule is CCCN(CC)CCNC(=O)c1cc(Br)cnc1N. The molecule has 0 aliphatic carbocycles. The maximum atomic E-state index is 12.0. The fourth-order valence-electron chi connectivity index (χ4n) is 1.80. The first kappa shape index (κ1) is 15.9. The molecule has 1 rings (SSSR count). The number of nitrogens with two attached hydrogens (primary N) is 1. The van der Waals surface area contributed by atoms with E-state index in [1.807, 2.05) is 0 Å². The molecule has 0 radical (unpaired) electrons. The highest BCUT2D eigenvalue weighted by atomic mass is 79.9. The van der Waals surface area contributed by atoms with Crippen LogP contribution in [0.5, 0.6) is 0 Å². The molecule has 3 N–H and O–H groups in total. The maximum absolute atomic E-state index is 12.0. The summed E-state index contributed by atoms with van der Waals surface area (Å²) in [5.74, 6) is 0.0699. The number of likely N-dealkylation sites (N-methyl/N-ethyl adjacent to an activating group) is 1. The third kappa shape index (κ3) is 5.16. The first-order valence-electron chi connectivity index (χ1n) is 6.50. The average molecular weight is 329 g/mol. The molecule has 1 heterocycles. The molecule has 1 aromatic heterocycles. The Balaban J connectivity index is 2.49. The van der Waals surface area contributed by atoms with Gasteiger partial charge in [0.2, 0.25) is 0 Å². The lowest BCUT2D eigenvalue weighted by molar-refractivity contribution is 0.0949. The lowest BCUT2D eigenvalue weighted by Gasteiger charge is -2.19. The number of hydrogen-bond acceptors (Lipinski definition) is 4. The highest BCUT2D eigenvalue weighted by Crippen LogP contribution is 2.15. The van der Waals surface area contributed by atoms with Crippen molar-refractivity contribution in [3.63, 3.8) is 0 Å². The summed E-state index contributed by atoms with van der Waals surface area (Å²) in [6, 6.07) is 1.68. The minimum Gasteiger partial charge on any atom is -0.383 e. The summed E-state index contributed by atoms with van der Waals surface area (Å²) < 4.78 is 0.744. The predicted octanol–water partition coefficient (Wildman–Crippen LogP) is 1.89.